The van der Waals surface area contributed by atoms with Gasteiger partial charge in [-0.1, -0.05) is 31.1 Å². The highest BCUT2D eigenvalue weighted by atomic mass is 16.1. The van der Waals surface area contributed by atoms with Gasteiger partial charge in [0.25, 0.3) is 0 Å². The van der Waals surface area contributed by atoms with Gasteiger partial charge in [0.05, 0.1) is 5.54 Å². The summed E-state index contributed by atoms with van der Waals surface area (Å²) >= 11 is 0. The van der Waals surface area contributed by atoms with E-state index in [1.807, 2.05) is 6.07 Å². The molecule has 0 aromatic carbocycles. The number of aromatic nitrogens is 1. The summed E-state index contributed by atoms with van der Waals surface area (Å²) in [6.07, 6.45) is 7.54. The molecule has 2 aliphatic rings. The smallest absolute Gasteiger partial charge is 0.248 e. The van der Waals surface area contributed by atoms with Crippen molar-refractivity contribution in [1.29, 1.82) is 0 Å². The molecule has 2 aliphatic carbocycles. The molecule has 112 valence electrons. The molecule has 3 rings (SSSR count). The number of aromatic amines is 1. The molecular weight excluding hydrogens is 260 g/mol. The molecular formula is C18H24N2O. The summed E-state index contributed by atoms with van der Waals surface area (Å²) in [4.78, 5) is 14.9. The molecule has 0 saturated carbocycles. The zero-order valence-electron chi connectivity index (χ0n) is 13.1. The Morgan fingerprint density at radius 2 is 2.24 bits per heavy atom. The maximum absolute atomic E-state index is 11.8. The molecule has 2 bridgehead atoms. The Bertz CT molecular complexity index is 683. The van der Waals surface area contributed by atoms with Crippen LogP contribution in [-0.4, -0.2) is 4.98 Å². The number of H-pyrrole nitrogens is 1. The molecule has 0 unspecified atom stereocenters. The van der Waals surface area contributed by atoms with Crippen molar-refractivity contribution < 1.29 is 0 Å². The number of allylic oxidation sites excluding steroid dienone is 2. The first kappa shape index (κ1) is 14.3. The zero-order valence-corrected chi connectivity index (χ0v) is 13.1. The molecule has 3 heteroatoms. The van der Waals surface area contributed by atoms with Gasteiger partial charge in [-0.25, -0.2) is 0 Å². The Balaban J connectivity index is 2.30. The third-order valence-corrected chi connectivity index (χ3v) is 5.04. The molecule has 21 heavy (non-hydrogen) atoms. The number of nitrogens with one attached hydrogen (secondary N) is 1. The van der Waals surface area contributed by atoms with E-state index in [9.17, 15) is 4.79 Å². The second-order valence-electron chi connectivity index (χ2n) is 6.48. The summed E-state index contributed by atoms with van der Waals surface area (Å²) in [5.74, 6) is 0.649. The molecule has 3 nitrogen and oxygen atoms in total. The van der Waals surface area contributed by atoms with Crippen LogP contribution in [0.15, 0.2) is 40.2 Å². The van der Waals surface area contributed by atoms with Gasteiger partial charge >= 0.3 is 0 Å². The van der Waals surface area contributed by atoms with E-state index < -0.39 is 5.54 Å². The van der Waals surface area contributed by atoms with Gasteiger partial charge in [-0.05, 0) is 43.9 Å². The van der Waals surface area contributed by atoms with E-state index in [1.54, 1.807) is 6.07 Å². The first-order valence-corrected chi connectivity index (χ1v) is 7.87. The lowest BCUT2D eigenvalue weighted by atomic mass is 9.59. The maximum atomic E-state index is 11.8. The van der Waals surface area contributed by atoms with E-state index in [4.69, 9.17) is 5.73 Å². The molecule has 0 aliphatic heterocycles. The highest BCUT2D eigenvalue weighted by Gasteiger charge is 2.47. The third kappa shape index (κ3) is 2.03. The molecule has 0 saturated heterocycles. The SMILES string of the molecule is CC=C1[C@H]2C=C(C)C[C@]1(N)c1ccc(=O)[nH]c1[C@@H]2CCC. The Morgan fingerprint density at radius 3 is 2.90 bits per heavy atom. The zero-order chi connectivity index (χ0) is 15.2. The summed E-state index contributed by atoms with van der Waals surface area (Å²) in [5, 5.41) is 0. The van der Waals surface area contributed by atoms with E-state index in [1.165, 1.54) is 11.1 Å². The van der Waals surface area contributed by atoms with Crippen molar-refractivity contribution in [2.75, 3.05) is 0 Å². The van der Waals surface area contributed by atoms with Crippen LogP contribution >= 0.6 is 0 Å². The number of rotatable bonds is 2. The van der Waals surface area contributed by atoms with E-state index in [0.29, 0.717) is 11.8 Å². The van der Waals surface area contributed by atoms with Gasteiger partial charge in [0.1, 0.15) is 0 Å². The van der Waals surface area contributed by atoms with E-state index in [0.717, 1.165) is 30.5 Å². The maximum Gasteiger partial charge on any atom is 0.248 e. The van der Waals surface area contributed by atoms with E-state index in [-0.39, 0.29) is 5.56 Å². The van der Waals surface area contributed by atoms with Gasteiger partial charge in [0.15, 0.2) is 0 Å². The van der Waals surface area contributed by atoms with Crippen LogP contribution in [0.5, 0.6) is 0 Å². The Morgan fingerprint density at radius 1 is 1.48 bits per heavy atom. The molecule has 1 aromatic heterocycles. The second kappa shape index (κ2) is 4.99. The molecule has 0 spiro atoms. The van der Waals surface area contributed by atoms with E-state index in [2.05, 4.69) is 37.9 Å². The Hall–Kier alpha value is -1.61. The van der Waals surface area contributed by atoms with Crippen LogP contribution in [0.4, 0.5) is 0 Å². The number of nitrogens with two attached hydrogens (primary N) is 1. The van der Waals surface area contributed by atoms with Crippen molar-refractivity contribution in [3.05, 3.63) is 57.0 Å². The molecule has 0 radical (unpaired) electrons. The average Bonchev–Trinajstić information content (AvgIpc) is 2.42. The number of fused-ring (bicyclic) bond motifs is 4. The molecule has 3 atom stereocenters. The lowest BCUT2D eigenvalue weighted by Gasteiger charge is -2.48. The van der Waals surface area contributed by atoms with Crippen LogP contribution in [0.1, 0.15) is 57.2 Å². The molecule has 0 fully saturated rings. The highest BCUT2D eigenvalue weighted by molar-refractivity contribution is 5.51. The summed E-state index contributed by atoms with van der Waals surface area (Å²) in [6, 6.07) is 3.55. The van der Waals surface area contributed by atoms with Crippen molar-refractivity contribution in [2.45, 2.75) is 51.5 Å². The van der Waals surface area contributed by atoms with Crippen LogP contribution in [0.2, 0.25) is 0 Å². The minimum atomic E-state index is -0.456. The van der Waals surface area contributed by atoms with Gasteiger partial charge < -0.3 is 10.7 Å². The minimum Gasteiger partial charge on any atom is -0.326 e. The minimum absolute atomic E-state index is 0.0267. The summed E-state index contributed by atoms with van der Waals surface area (Å²) in [5.41, 5.74) is 11.2. The van der Waals surface area contributed by atoms with Gasteiger partial charge in [0.2, 0.25) is 5.56 Å². The quantitative estimate of drug-likeness (QED) is 0.818. The number of hydrogen-bond donors (Lipinski definition) is 2. The Labute approximate surface area is 126 Å². The second-order valence-corrected chi connectivity index (χ2v) is 6.48. The molecule has 3 N–H and O–H groups in total. The van der Waals surface area contributed by atoms with Crippen molar-refractivity contribution in [2.24, 2.45) is 11.7 Å². The van der Waals surface area contributed by atoms with Crippen LogP contribution in [0.25, 0.3) is 0 Å². The lowest BCUT2D eigenvalue weighted by molar-refractivity contribution is 0.353. The van der Waals surface area contributed by atoms with Gasteiger partial charge in [0, 0.05) is 23.6 Å². The fourth-order valence-electron chi connectivity index (χ4n) is 4.31. The van der Waals surface area contributed by atoms with Crippen molar-refractivity contribution >= 4 is 0 Å². The molecule has 1 aromatic rings. The summed E-state index contributed by atoms with van der Waals surface area (Å²) in [6.45, 7) is 6.44. The monoisotopic (exact) mass is 284 g/mol. The van der Waals surface area contributed by atoms with Crippen molar-refractivity contribution in [3.8, 4) is 0 Å². The molecule has 0 amide bonds. The van der Waals surface area contributed by atoms with Crippen LogP contribution < -0.4 is 11.3 Å². The topological polar surface area (TPSA) is 58.9 Å². The van der Waals surface area contributed by atoms with Crippen LogP contribution in [-0.2, 0) is 5.54 Å². The predicted molar refractivity (Wildman–Crippen MR) is 86.2 cm³/mol. The fraction of sp³-hybridized carbons (Fsp3) is 0.500. The Kier molecular flexibility index (Phi) is 3.40. The largest absolute Gasteiger partial charge is 0.326 e. The van der Waals surface area contributed by atoms with Crippen molar-refractivity contribution in [1.82, 2.24) is 4.98 Å². The number of hydrogen-bond acceptors (Lipinski definition) is 2. The van der Waals surface area contributed by atoms with Crippen LogP contribution in [0, 0.1) is 5.92 Å². The van der Waals surface area contributed by atoms with Gasteiger partial charge in [-0.2, -0.15) is 0 Å². The van der Waals surface area contributed by atoms with Gasteiger partial charge in [-0.3, -0.25) is 4.79 Å². The van der Waals surface area contributed by atoms with Crippen LogP contribution in [0.3, 0.4) is 0 Å². The molecule has 1 heterocycles. The van der Waals surface area contributed by atoms with E-state index >= 15 is 0 Å². The predicted octanol–water partition coefficient (Wildman–Crippen LogP) is 3.34. The summed E-state index contributed by atoms with van der Waals surface area (Å²) in [7, 11) is 0. The number of pyridine rings is 1. The summed E-state index contributed by atoms with van der Waals surface area (Å²) < 4.78 is 0. The fourth-order valence-corrected chi connectivity index (χ4v) is 4.31. The first-order valence-electron chi connectivity index (χ1n) is 7.87. The normalized spacial score (nSPS) is 32.8. The van der Waals surface area contributed by atoms with Gasteiger partial charge in [-0.15, -0.1) is 0 Å². The third-order valence-electron chi connectivity index (χ3n) is 5.04. The lowest BCUT2D eigenvalue weighted by Crippen LogP contribution is -2.49. The van der Waals surface area contributed by atoms with Crippen molar-refractivity contribution in [3.63, 3.8) is 0 Å². The highest BCUT2D eigenvalue weighted by Crippen LogP contribution is 2.53. The standard InChI is InChI=1S/C18H24N2O/c1-4-6-12-13-9-11(3)10-18(19,14(13)5-2)15-7-8-16(21)20-17(12)15/h5,7-9,12-13H,4,6,10,19H2,1-3H3,(H,20,21)/t12-,13+,18-/m1/s1. The first-order chi connectivity index (χ1) is 10.0. The average molecular weight is 284 g/mol.